The summed E-state index contributed by atoms with van der Waals surface area (Å²) in [4.78, 5) is 10.8. The Morgan fingerprint density at radius 1 is 0.529 bits per heavy atom. The molecule has 0 unspecified atom stereocenters. The molecule has 0 bridgehead atoms. The van der Waals surface area contributed by atoms with Crippen LogP contribution in [0.25, 0.3) is 0 Å². The molecule has 0 fully saturated rings. The molecule has 2 nitrogen and oxygen atoms in total. The molecule has 2 aromatic rings. The minimum absolute atomic E-state index is 0. The van der Waals surface area contributed by atoms with Crippen molar-refractivity contribution in [3.05, 3.63) is 59.7 Å². The Balaban J connectivity index is 0.00000578. The summed E-state index contributed by atoms with van der Waals surface area (Å²) in [7, 11) is -3.53. The molecule has 0 aliphatic carbocycles. The Morgan fingerprint density at radius 3 is 1.15 bits per heavy atom. The molecule has 2 aromatic carbocycles. The van der Waals surface area contributed by atoms with Crippen LogP contribution < -0.4 is 10.6 Å². The molecule has 0 aliphatic heterocycles. The zero-order chi connectivity index (χ0) is 23.8. The molecular weight excluding hydrogens is 482 g/mol. The van der Waals surface area contributed by atoms with Gasteiger partial charge in [-0.25, -0.2) is 0 Å². The Bertz CT molecular complexity index is 736. The molecule has 4 heteroatoms. The maximum Gasteiger partial charge on any atom is 0.258 e. The van der Waals surface area contributed by atoms with E-state index in [0.29, 0.717) is 10.6 Å². The van der Waals surface area contributed by atoms with E-state index in [1.54, 1.807) is 0 Å². The van der Waals surface area contributed by atoms with Crippen molar-refractivity contribution in [2.45, 2.75) is 117 Å². The van der Waals surface area contributed by atoms with Crippen LogP contribution in [0.2, 0.25) is 0 Å². The van der Waals surface area contributed by atoms with Gasteiger partial charge in [-0.3, -0.25) is 4.57 Å². The first-order valence-corrected chi connectivity index (χ1v) is 15.3. The Kier molecular flexibility index (Phi) is 16.9. The van der Waals surface area contributed by atoms with Gasteiger partial charge in [0.25, 0.3) is 7.37 Å². The van der Waals surface area contributed by atoms with Gasteiger partial charge in [0, 0.05) is 27.1 Å². The summed E-state index contributed by atoms with van der Waals surface area (Å²) in [6.07, 6.45) is 20.4. The van der Waals surface area contributed by atoms with E-state index in [9.17, 15) is 9.46 Å². The predicted molar refractivity (Wildman–Crippen MR) is 145 cm³/mol. The summed E-state index contributed by atoms with van der Waals surface area (Å²) in [5.41, 5.74) is 2.52. The van der Waals surface area contributed by atoms with E-state index in [1.807, 2.05) is 48.5 Å². The van der Waals surface area contributed by atoms with Gasteiger partial charge in [0.05, 0.1) is 0 Å². The van der Waals surface area contributed by atoms with E-state index in [1.165, 1.54) is 101 Å². The largest absolute Gasteiger partial charge is 0.338 e. The quantitative estimate of drug-likeness (QED) is 0.119. The topological polar surface area (TPSA) is 37.3 Å². The third-order valence-electron chi connectivity index (χ3n) is 6.71. The van der Waals surface area contributed by atoms with E-state index in [2.05, 4.69) is 13.8 Å². The zero-order valence-electron chi connectivity index (χ0n) is 21.6. The molecule has 0 atom stereocenters. The van der Waals surface area contributed by atoms with E-state index in [4.69, 9.17) is 0 Å². The SMILES string of the molecule is CCCCCCCCCc1ccc(P(=O)(O)c2ccc(CCCCCCCCC)cc2)cc1.[Ni]. The van der Waals surface area contributed by atoms with Crippen molar-refractivity contribution in [1.82, 2.24) is 0 Å². The van der Waals surface area contributed by atoms with E-state index < -0.39 is 7.37 Å². The van der Waals surface area contributed by atoms with Crippen molar-refractivity contribution in [1.29, 1.82) is 0 Å². The molecule has 0 saturated heterocycles. The molecule has 0 heterocycles. The molecule has 0 amide bonds. The van der Waals surface area contributed by atoms with E-state index >= 15 is 0 Å². The van der Waals surface area contributed by atoms with Crippen LogP contribution in [-0.2, 0) is 33.9 Å². The molecule has 0 aliphatic rings. The molecule has 1 N–H and O–H groups in total. The first-order chi connectivity index (χ1) is 16.1. The summed E-state index contributed by atoms with van der Waals surface area (Å²) in [6, 6.07) is 15.5. The standard InChI is InChI=1S/C30H47O2P.Ni/c1-3-5-7-9-11-13-15-17-27-19-23-29(24-20-27)33(31,32)30-25-21-28(22-26-30)18-16-14-12-10-8-6-4-2;/h19-26H,3-18H2,1-2H3,(H,31,32);. The van der Waals surface area contributed by atoms with Crippen LogP contribution in [0.5, 0.6) is 0 Å². The first kappa shape index (κ1) is 31.2. The normalized spacial score (nSPS) is 11.4. The van der Waals surface area contributed by atoms with Crippen LogP contribution in [0.4, 0.5) is 0 Å². The summed E-state index contributed by atoms with van der Waals surface area (Å²) in [5.74, 6) is 0. The molecule has 0 radical (unpaired) electrons. The van der Waals surface area contributed by atoms with Crippen molar-refractivity contribution in [2.75, 3.05) is 0 Å². The number of benzene rings is 2. The number of hydrogen-bond acceptors (Lipinski definition) is 1. The Hall–Kier alpha value is -0.876. The second kappa shape index (κ2) is 18.4. The van der Waals surface area contributed by atoms with Gasteiger partial charge >= 0.3 is 0 Å². The van der Waals surface area contributed by atoms with Gasteiger partial charge in [0.2, 0.25) is 0 Å². The van der Waals surface area contributed by atoms with Crippen LogP contribution in [-0.4, -0.2) is 4.89 Å². The molecule has 0 spiro atoms. The summed E-state index contributed by atoms with van der Waals surface area (Å²) < 4.78 is 13.2. The maximum absolute atomic E-state index is 13.2. The molecule has 194 valence electrons. The molecule has 0 saturated carbocycles. The second-order valence-corrected chi connectivity index (χ2v) is 11.8. The number of aryl methyl sites for hydroxylation is 2. The van der Waals surface area contributed by atoms with Crippen molar-refractivity contribution in [3.8, 4) is 0 Å². The van der Waals surface area contributed by atoms with Crippen molar-refractivity contribution in [2.24, 2.45) is 0 Å². The average molecular weight is 529 g/mol. The maximum atomic E-state index is 13.2. The minimum Gasteiger partial charge on any atom is -0.338 e. The van der Waals surface area contributed by atoms with Gasteiger partial charge in [-0.15, -0.1) is 0 Å². The minimum atomic E-state index is -3.53. The number of unbranched alkanes of at least 4 members (excludes halogenated alkanes) is 12. The van der Waals surface area contributed by atoms with Gasteiger partial charge in [-0.2, -0.15) is 0 Å². The van der Waals surface area contributed by atoms with Gasteiger partial charge in [0.15, 0.2) is 0 Å². The van der Waals surface area contributed by atoms with E-state index in [-0.39, 0.29) is 16.5 Å². The van der Waals surface area contributed by atoms with Crippen LogP contribution in [0.3, 0.4) is 0 Å². The summed E-state index contributed by atoms with van der Waals surface area (Å²) in [5, 5.41) is 1.07. The fourth-order valence-corrected chi connectivity index (χ4v) is 5.86. The second-order valence-electron chi connectivity index (χ2n) is 9.65. The van der Waals surface area contributed by atoms with Gasteiger partial charge in [0.1, 0.15) is 0 Å². The van der Waals surface area contributed by atoms with Crippen LogP contribution in [0, 0.1) is 0 Å². The number of hydrogen-bond donors (Lipinski definition) is 1. The van der Waals surface area contributed by atoms with Crippen molar-refractivity contribution < 1.29 is 25.9 Å². The fraction of sp³-hybridized carbons (Fsp3) is 0.600. The Morgan fingerprint density at radius 2 is 0.824 bits per heavy atom. The van der Waals surface area contributed by atoms with Crippen LogP contribution in [0.15, 0.2) is 48.5 Å². The first-order valence-electron chi connectivity index (χ1n) is 13.6. The summed E-state index contributed by atoms with van der Waals surface area (Å²) in [6.45, 7) is 4.50. The average Bonchev–Trinajstić information content (AvgIpc) is 2.83. The van der Waals surface area contributed by atoms with Gasteiger partial charge < -0.3 is 4.89 Å². The number of rotatable bonds is 18. The van der Waals surface area contributed by atoms with Crippen LogP contribution >= 0.6 is 7.37 Å². The van der Waals surface area contributed by atoms with Crippen molar-refractivity contribution in [3.63, 3.8) is 0 Å². The van der Waals surface area contributed by atoms with Crippen LogP contribution in [0.1, 0.15) is 115 Å². The van der Waals surface area contributed by atoms with Gasteiger partial charge in [-0.05, 0) is 61.1 Å². The molecule has 0 aromatic heterocycles. The van der Waals surface area contributed by atoms with Gasteiger partial charge in [-0.1, -0.05) is 115 Å². The molecule has 2 rings (SSSR count). The summed E-state index contributed by atoms with van der Waals surface area (Å²) >= 11 is 0. The smallest absolute Gasteiger partial charge is 0.258 e. The third-order valence-corrected chi connectivity index (χ3v) is 8.71. The Labute approximate surface area is 219 Å². The monoisotopic (exact) mass is 528 g/mol. The van der Waals surface area contributed by atoms with E-state index in [0.717, 1.165) is 12.8 Å². The van der Waals surface area contributed by atoms with Crippen molar-refractivity contribution >= 4 is 18.0 Å². The molecule has 34 heavy (non-hydrogen) atoms. The zero-order valence-corrected chi connectivity index (χ0v) is 23.4. The fourth-order valence-electron chi connectivity index (χ4n) is 4.45. The predicted octanol–water partition coefficient (Wildman–Crippen LogP) is 8.49. The molecular formula is C30H47NiO2P. The third kappa shape index (κ3) is 11.7.